The van der Waals surface area contributed by atoms with E-state index in [9.17, 15) is 4.79 Å². The molecule has 1 aliphatic rings. The minimum atomic E-state index is 0.115. The molecule has 1 aromatic carbocycles. The number of nitrogens with zero attached hydrogens (tertiary/aromatic N) is 5. The molecule has 0 aliphatic heterocycles. The number of methoxy groups -OCH3 is 1. The molecule has 3 aromatic rings. The van der Waals surface area contributed by atoms with Crippen LogP contribution in [0.25, 0.3) is 5.78 Å². The molecule has 1 saturated carbocycles. The van der Waals surface area contributed by atoms with E-state index < -0.39 is 0 Å². The number of aryl methyl sites for hydroxylation is 2. The number of carbonyl (C=O) groups is 1. The van der Waals surface area contributed by atoms with E-state index in [0.717, 1.165) is 41.1 Å². The SMILES string of the molecule is COc1ccc(CN(C(=O)CSc2nc3nc(C)c(C)c(C)n3n2)C2CC2)cc1. The molecule has 0 N–H and O–H groups in total. The van der Waals surface area contributed by atoms with Crippen molar-refractivity contribution in [1.82, 2.24) is 24.5 Å². The number of hydrogen-bond donors (Lipinski definition) is 0. The lowest BCUT2D eigenvalue weighted by molar-refractivity contribution is -0.129. The van der Waals surface area contributed by atoms with Crippen molar-refractivity contribution in [2.24, 2.45) is 0 Å². The lowest BCUT2D eigenvalue weighted by atomic mass is 10.2. The standard InChI is InChI=1S/C21H25N5O2S/c1-13-14(2)22-20-23-21(24-26(20)15(13)3)29-12-19(27)25(17-7-8-17)11-16-5-9-18(28-4)10-6-16/h5-6,9-10,17H,7-8,11-12H2,1-4H3. The number of carbonyl (C=O) groups excluding carboxylic acids is 1. The molecule has 152 valence electrons. The molecule has 0 bridgehead atoms. The minimum absolute atomic E-state index is 0.115. The van der Waals surface area contributed by atoms with Crippen LogP contribution >= 0.6 is 11.8 Å². The van der Waals surface area contributed by atoms with Crippen molar-refractivity contribution >= 4 is 23.4 Å². The van der Waals surface area contributed by atoms with Gasteiger partial charge in [-0.25, -0.2) is 9.50 Å². The lowest BCUT2D eigenvalue weighted by Gasteiger charge is -2.22. The summed E-state index contributed by atoms with van der Waals surface area (Å²) < 4.78 is 6.97. The number of hydrogen-bond acceptors (Lipinski definition) is 6. The van der Waals surface area contributed by atoms with Crippen LogP contribution in [-0.2, 0) is 11.3 Å². The predicted molar refractivity (Wildman–Crippen MR) is 112 cm³/mol. The monoisotopic (exact) mass is 411 g/mol. The first-order valence-corrected chi connectivity index (χ1v) is 10.7. The highest BCUT2D eigenvalue weighted by molar-refractivity contribution is 7.99. The summed E-state index contributed by atoms with van der Waals surface area (Å²) >= 11 is 1.37. The highest BCUT2D eigenvalue weighted by Crippen LogP contribution is 2.30. The van der Waals surface area contributed by atoms with Gasteiger partial charge in [0.1, 0.15) is 5.75 Å². The smallest absolute Gasteiger partial charge is 0.253 e. The van der Waals surface area contributed by atoms with Gasteiger partial charge in [0.15, 0.2) is 0 Å². The molecule has 0 saturated heterocycles. The third kappa shape index (κ3) is 4.22. The van der Waals surface area contributed by atoms with Gasteiger partial charge in [-0.3, -0.25) is 4.79 Å². The Morgan fingerprint density at radius 1 is 1.21 bits per heavy atom. The van der Waals surface area contributed by atoms with E-state index in [1.807, 2.05) is 49.9 Å². The highest BCUT2D eigenvalue weighted by atomic mass is 32.2. The summed E-state index contributed by atoms with van der Waals surface area (Å²) in [5.74, 6) is 1.84. The molecule has 8 heteroatoms. The summed E-state index contributed by atoms with van der Waals surface area (Å²) in [5, 5.41) is 5.11. The molecule has 29 heavy (non-hydrogen) atoms. The zero-order valence-electron chi connectivity index (χ0n) is 17.2. The second-order valence-electron chi connectivity index (χ2n) is 7.40. The fraction of sp³-hybridized carbons (Fsp3) is 0.429. The van der Waals surface area contributed by atoms with Crippen molar-refractivity contribution in [3.8, 4) is 5.75 Å². The van der Waals surface area contributed by atoms with E-state index in [0.29, 0.717) is 29.3 Å². The number of benzene rings is 1. The van der Waals surface area contributed by atoms with E-state index in [1.165, 1.54) is 11.8 Å². The molecule has 0 atom stereocenters. The number of amides is 1. The van der Waals surface area contributed by atoms with Gasteiger partial charge in [0, 0.05) is 24.0 Å². The summed E-state index contributed by atoms with van der Waals surface area (Å²) in [4.78, 5) is 23.9. The Balaban J connectivity index is 1.44. The molecular weight excluding hydrogens is 386 g/mol. The molecule has 2 aromatic heterocycles. The van der Waals surface area contributed by atoms with Crippen molar-refractivity contribution in [3.05, 3.63) is 46.8 Å². The second-order valence-corrected chi connectivity index (χ2v) is 8.35. The van der Waals surface area contributed by atoms with Crippen LogP contribution in [0.15, 0.2) is 29.4 Å². The minimum Gasteiger partial charge on any atom is -0.497 e. The lowest BCUT2D eigenvalue weighted by Crippen LogP contribution is -2.34. The molecule has 0 spiro atoms. The molecular formula is C21H25N5O2S. The average Bonchev–Trinajstić information content (AvgIpc) is 3.49. The Morgan fingerprint density at radius 2 is 1.93 bits per heavy atom. The summed E-state index contributed by atoms with van der Waals surface area (Å²) in [5.41, 5.74) is 4.19. The maximum absolute atomic E-state index is 12.9. The maximum Gasteiger partial charge on any atom is 0.253 e. The zero-order valence-corrected chi connectivity index (χ0v) is 18.0. The van der Waals surface area contributed by atoms with Crippen molar-refractivity contribution < 1.29 is 9.53 Å². The van der Waals surface area contributed by atoms with Crippen LogP contribution in [0.1, 0.15) is 35.4 Å². The number of thioether (sulfide) groups is 1. The summed E-state index contributed by atoms with van der Waals surface area (Å²) in [6, 6.07) is 8.22. The Bertz CT molecular complexity index is 1040. The van der Waals surface area contributed by atoms with E-state index >= 15 is 0 Å². The molecule has 1 fully saturated rings. The van der Waals surface area contributed by atoms with Gasteiger partial charge in [-0.2, -0.15) is 4.98 Å². The zero-order chi connectivity index (χ0) is 20.5. The van der Waals surface area contributed by atoms with Gasteiger partial charge in [-0.05, 0) is 56.9 Å². The van der Waals surface area contributed by atoms with E-state index in [1.54, 1.807) is 11.6 Å². The number of fused-ring (bicyclic) bond motifs is 1. The molecule has 0 radical (unpaired) electrons. The number of ether oxygens (including phenoxy) is 1. The fourth-order valence-electron chi connectivity index (χ4n) is 3.24. The van der Waals surface area contributed by atoms with Crippen LogP contribution in [0.4, 0.5) is 0 Å². The van der Waals surface area contributed by atoms with Gasteiger partial charge in [0.2, 0.25) is 11.1 Å². The van der Waals surface area contributed by atoms with Crippen LogP contribution in [0, 0.1) is 20.8 Å². The molecule has 4 rings (SSSR count). The van der Waals surface area contributed by atoms with E-state index in [4.69, 9.17) is 4.74 Å². The van der Waals surface area contributed by atoms with Gasteiger partial charge >= 0.3 is 0 Å². The second kappa shape index (κ2) is 8.02. The predicted octanol–water partition coefficient (Wildman–Crippen LogP) is 3.34. The first-order chi connectivity index (χ1) is 14.0. The summed E-state index contributed by atoms with van der Waals surface area (Å²) in [6.45, 7) is 6.63. The Labute approximate surface area is 174 Å². The molecule has 1 aliphatic carbocycles. The van der Waals surface area contributed by atoms with Crippen molar-refractivity contribution in [2.45, 2.75) is 51.4 Å². The molecule has 7 nitrogen and oxygen atoms in total. The normalized spacial score (nSPS) is 13.7. The van der Waals surface area contributed by atoms with Crippen LogP contribution in [-0.4, -0.2) is 49.3 Å². The third-order valence-electron chi connectivity index (χ3n) is 5.39. The summed E-state index contributed by atoms with van der Waals surface area (Å²) in [7, 11) is 1.65. The molecule has 0 unspecified atom stereocenters. The fourth-order valence-corrected chi connectivity index (χ4v) is 3.95. The van der Waals surface area contributed by atoms with Crippen LogP contribution in [0.3, 0.4) is 0 Å². The Hall–Kier alpha value is -2.61. The highest BCUT2D eigenvalue weighted by Gasteiger charge is 2.32. The van der Waals surface area contributed by atoms with Gasteiger partial charge < -0.3 is 9.64 Å². The van der Waals surface area contributed by atoms with Gasteiger partial charge in [-0.15, -0.1) is 5.10 Å². The first kappa shape index (κ1) is 19.7. The van der Waals surface area contributed by atoms with Crippen molar-refractivity contribution in [2.75, 3.05) is 12.9 Å². The van der Waals surface area contributed by atoms with E-state index in [-0.39, 0.29) is 5.91 Å². The van der Waals surface area contributed by atoms with Gasteiger partial charge in [0.05, 0.1) is 12.9 Å². The van der Waals surface area contributed by atoms with Crippen LogP contribution < -0.4 is 4.74 Å². The number of aromatic nitrogens is 4. The topological polar surface area (TPSA) is 72.6 Å². The average molecular weight is 412 g/mol. The summed E-state index contributed by atoms with van der Waals surface area (Å²) in [6.07, 6.45) is 2.14. The molecule has 1 amide bonds. The van der Waals surface area contributed by atoms with Crippen LogP contribution in [0.2, 0.25) is 0 Å². The van der Waals surface area contributed by atoms with Crippen molar-refractivity contribution in [1.29, 1.82) is 0 Å². The van der Waals surface area contributed by atoms with Crippen LogP contribution in [0.5, 0.6) is 5.75 Å². The Morgan fingerprint density at radius 3 is 2.59 bits per heavy atom. The maximum atomic E-state index is 12.9. The van der Waals surface area contributed by atoms with Gasteiger partial charge in [-0.1, -0.05) is 23.9 Å². The largest absolute Gasteiger partial charge is 0.497 e. The van der Waals surface area contributed by atoms with Gasteiger partial charge in [0.25, 0.3) is 5.78 Å². The number of rotatable bonds is 7. The van der Waals surface area contributed by atoms with E-state index in [2.05, 4.69) is 15.1 Å². The molecule has 2 heterocycles. The van der Waals surface area contributed by atoms with Crippen molar-refractivity contribution in [3.63, 3.8) is 0 Å². The quantitative estimate of drug-likeness (QED) is 0.555. The Kier molecular flexibility index (Phi) is 5.45. The third-order valence-corrected chi connectivity index (χ3v) is 6.21. The first-order valence-electron chi connectivity index (χ1n) is 9.72.